The standard InChI is InChI=1S/C15H31N3O.HI/c1-4-5-6-7-13(2)18-15(16-3)17-10-11-19-12-14-8-9-14;/h13-14H,4-12H2,1-3H3,(H2,16,17,18);1H. The fourth-order valence-electron chi connectivity index (χ4n) is 1.98. The Morgan fingerprint density at radius 1 is 1.35 bits per heavy atom. The number of hydrogen-bond donors (Lipinski definition) is 2. The molecule has 1 rings (SSSR count). The Kier molecular flexibility index (Phi) is 12.7. The van der Waals surface area contributed by atoms with E-state index in [-0.39, 0.29) is 24.0 Å². The van der Waals surface area contributed by atoms with E-state index in [0.717, 1.165) is 31.6 Å². The largest absolute Gasteiger partial charge is 0.379 e. The summed E-state index contributed by atoms with van der Waals surface area (Å²) in [5.41, 5.74) is 0. The van der Waals surface area contributed by atoms with Gasteiger partial charge in [0.25, 0.3) is 0 Å². The highest BCUT2D eigenvalue weighted by atomic mass is 127. The van der Waals surface area contributed by atoms with Gasteiger partial charge in [-0.05, 0) is 32.1 Å². The molecule has 0 heterocycles. The van der Waals surface area contributed by atoms with E-state index in [2.05, 4.69) is 29.5 Å². The lowest BCUT2D eigenvalue weighted by Crippen LogP contribution is -2.43. The van der Waals surface area contributed by atoms with Crippen LogP contribution in [0.2, 0.25) is 0 Å². The monoisotopic (exact) mass is 397 g/mol. The molecular formula is C15H32IN3O. The van der Waals surface area contributed by atoms with Crippen LogP contribution in [0.1, 0.15) is 52.4 Å². The van der Waals surface area contributed by atoms with Gasteiger partial charge in [-0.1, -0.05) is 26.2 Å². The molecule has 1 aliphatic carbocycles. The molecule has 0 radical (unpaired) electrons. The highest BCUT2D eigenvalue weighted by Crippen LogP contribution is 2.28. The maximum Gasteiger partial charge on any atom is 0.191 e. The van der Waals surface area contributed by atoms with Crippen LogP contribution in [0.3, 0.4) is 0 Å². The van der Waals surface area contributed by atoms with Crippen molar-refractivity contribution in [2.75, 3.05) is 26.8 Å². The molecule has 0 bridgehead atoms. The average Bonchev–Trinajstić information content (AvgIpc) is 3.21. The van der Waals surface area contributed by atoms with Gasteiger partial charge in [-0.25, -0.2) is 0 Å². The first-order valence-corrected chi connectivity index (χ1v) is 7.81. The first-order valence-electron chi connectivity index (χ1n) is 7.81. The summed E-state index contributed by atoms with van der Waals surface area (Å²) in [7, 11) is 1.82. The van der Waals surface area contributed by atoms with Crippen molar-refractivity contribution in [3.8, 4) is 0 Å². The van der Waals surface area contributed by atoms with E-state index in [9.17, 15) is 0 Å². The number of nitrogens with one attached hydrogen (secondary N) is 2. The van der Waals surface area contributed by atoms with Gasteiger partial charge in [-0.15, -0.1) is 24.0 Å². The highest BCUT2D eigenvalue weighted by molar-refractivity contribution is 14.0. The Morgan fingerprint density at radius 3 is 2.70 bits per heavy atom. The first kappa shape index (κ1) is 20.0. The Labute approximate surface area is 141 Å². The molecule has 1 unspecified atom stereocenters. The maximum atomic E-state index is 5.59. The normalized spacial score (nSPS) is 16.4. The SMILES string of the molecule is CCCCCC(C)NC(=NC)NCCOCC1CC1.I. The zero-order valence-electron chi connectivity index (χ0n) is 13.3. The van der Waals surface area contributed by atoms with E-state index >= 15 is 0 Å². The third-order valence-corrected chi connectivity index (χ3v) is 3.44. The van der Waals surface area contributed by atoms with Gasteiger partial charge < -0.3 is 15.4 Å². The van der Waals surface area contributed by atoms with Crippen LogP contribution in [0.5, 0.6) is 0 Å². The zero-order chi connectivity index (χ0) is 13.9. The molecule has 4 nitrogen and oxygen atoms in total. The lowest BCUT2D eigenvalue weighted by atomic mass is 10.1. The van der Waals surface area contributed by atoms with Crippen LogP contribution in [0.4, 0.5) is 0 Å². The van der Waals surface area contributed by atoms with E-state index < -0.39 is 0 Å². The maximum absolute atomic E-state index is 5.59. The summed E-state index contributed by atoms with van der Waals surface area (Å²) in [5.74, 6) is 1.73. The smallest absolute Gasteiger partial charge is 0.191 e. The Balaban J connectivity index is 0.00000361. The van der Waals surface area contributed by atoms with E-state index in [1.54, 1.807) is 0 Å². The number of halogens is 1. The molecule has 1 atom stereocenters. The van der Waals surface area contributed by atoms with Gasteiger partial charge >= 0.3 is 0 Å². The molecular weight excluding hydrogens is 365 g/mol. The molecule has 20 heavy (non-hydrogen) atoms. The van der Waals surface area contributed by atoms with Crippen molar-refractivity contribution in [2.45, 2.75) is 58.4 Å². The van der Waals surface area contributed by atoms with Crippen molar-refractivity contribution in [1.29, 1.82) is 0 Å². The molecule has 0 aromatic rings. The first-order chi connectivity index (χ1) is 9.26. The minimum absolute atomic E-state index is 0. The van der Waals surface area contributed by atoms with Gasteiger partial charge in [0.1, 0.15) is 0 Å². The van der Waals surface area contributed by atoms with E-state index in [1.807, 2.05) is 7.05 Å². The van der Waals surface area contributed by atoms with Gasteiger partial charge in [0.15, 0.2) is 5.96 Å². The fourth-order valence-corrected chi connectivity index (χ4v) is 1.98. The predicted octanol–water partition coefficient (Wildman–Crippen LogP) is 3.16. The zero-order valence-corrected chi connectivity index (χ0v) is 15.6. The van der Waals surface area contributed by atoms with Crippen LogP contribution in [0.15, 0.2) is 4.99 Å². The second-order valence-electron chi connectivity index (χ2n) is 5.56. The van der Waals surface area contributed by atoms with Crippen molar-refractivity contribution >= 4 is 29.9 Å². The average molecular weight is 397 g/mol. The van der Waals surface area contributed by atoms with E-state index in [0.29, 0.717) is 6.04 Å². The summed E-state index contributed by atoms with van der Waals surface area (Å²) in [6.07, 6.45) is 7.78. The second-order valence-corrected chi connectivity index (χ2v) is 5.56. The summed E-state index contributed by atoms with van der Waals surface area (Å²) in [5, 5.41) is 6.72. The Hall–Kier alpha value is -0.0400. The van der Waals surface area contributed by atoms with Gasteiger partial charge in [-0.2, -0.15) is 0 Å². The van der Waals surface area contributed by atoms with Crippen LogP contribution in [0, 0.1) is 5.92 Å². The van der Waals surface area contributed by atoms with Crippen molar-refractivity contribution in [3.63, 3.8) is 0 Å². The number of hydrogen-bond acceptors (Lipinski definition) is 2. The number of guanidine groups is 1. The van der Waals surface area contributed by atoms with Crippen LogP contribution in [-0.2, 0) is 4.74 Å². The van der Waals surface area contributed by atoms with Gasteiger partial charge in [-0.3, -0.25) is 4.99 Å². The van der Waals surface area contributed by atoms with Crippen LogP contribution >= 0.6 is 24.0 Å². The summed E-state index contributed by atoms with van der Waals surface area (Å²) in [6, 6.07) is 0.477. The predicted molar refractivity (Wildman–Crippen MR) is 97.1 cm³/mol. The number of rotatable bonds is 10. The summed E-state index contributed by atoms with van der Waals surface area (Å²) in [6.45, 7) is 6.98. The third-order valence-electron chi connectivity index (χ3n) is 3.44. The van der Waals surface area contributed by atoms with E-state index in [1.165, 1.54) is 38.5 Å². The molecule has 1 saturated carbocycles. The van der Waals surface area contributed by atoms with Gasteiger partial charge in [0.2, 0.25) is 0 Å². The Morgan fingerprint density at radius 2 is 2.10 bits per heavy atom. The quantitative estimate of drug-likeness (QED) is 0.258. The molecule has 1 aliphatic rings. The summed E-state index contributed by atoms with van der Waals surface area (Å²) >= 11 is 0. The van der Waals surface area contributed by atoms with Crippen molar-refractivity contribution < 1.29 is 4.74 Å². The lowest BCUT2D eigenvalue weighted by molar-refractivity contribution is 0.129. The third kappa shape index (κ3) is 10.7. The second kappa shape index (κ2) is 12.7. The number of ether oxygens (including phenoxy) is 1. The molecule has 120 valence electrons. The summed E-state index contributed by atoms with van der Waals surface area (Å²) < 4.78 is 5.59. The van der Waals surface area contributed by atoms with Crippen LogP contribution < -0.4 is 10.6 Å². The number of unbranched alkanes of at least 4 members (excludes halogenated alkanes) is 2. The molecule has 0 saturated heterocycles. The van der Waals surface area contributed by atoms with Crippen molar-refractivity contribution in [3.05, 3.63) is 0 Å². The molecule has 0 spiro atoms. The minimum atomic E-state index is 0. The highest BCUT2D eigenvalue weighted by Gasteiger charge is 2.20. The lowest BCUT2D eigenvalue weighted by Gasteiger charge is -2.17. The summed E-state index contributed by atoms with van der Waals surface area (Å²) in [4.78, 5) is 4.24. The van der Waals surface area contributed by atoms with Gasteiger partial charge in [0.05, 0.1) is 6.61 Å². The molecule has 1 fully saturated rings. The minimum Gasteiger partial charge on any atom is -0.379 e. The van der Waals surface area contributed by atoms with Crippen molar-refractivity contribution in [2.24, 2.45) is 10.9 Å². The van der Waals surface area contributed by atoms with Gasteiger partial charge in [0, 0.05) is 26.2 Å². The molecule has 0 aromatic carbocycles. The van der Waals surface area contributed by atoms with Crippen LogP contribution in [0.25, 0.3) is 0 Å². The molecule has 5 heteroatoms. The Bertz CT molecular complexity index is 258. The number of aliphatic imine (C=N–C) groups is 1. The fraction of sp³-hybridized carbons (Fsp3) is 0.933. The molecule has 0 amide bonds. The molecule has 0 aromatic heterocycles. The van der Waals surface area contributed by atoms with Crippen LogP contribution in [-0.4, -0.2) is 38.8 Å². The molecule has 0 aliphatic heterocycles. The van der Waals surface area contributed by atoms with E-state index in [4.69, 9.17) is 4.74 Å². The number of nitrogens with zero attached hydrogens (tertiary/aromatic N) is 1. The topological polar surface area (TPSA) is 45.7 Å². The molecule has 2 N–H and O–H groups in total. The van der Waals surface area contributed by atoms with Crippen molar-refractivity contribution in [1.82, 2.24) is 10.6 Å².